The highest BCUT2D eigenvalue weighted by atomic mass is 35.6. The third kappa shape index (κ3) is 4.62. The zero-order valence-corrected chi connectivity index (χ0v) is 11.4. The third-order valence-electron chi connectivity index (χ3n) is 2.00. The number of alkyl halides is 3. The molecule has 0 fully saturated rings. The summed E-state index contributed by atoms with van der Waals surface area (Å²) in [7, 11) is 0. The minimum atomic E-state index is -1.64. The number of carbonyl (C=O) groups is 1. The maximum Gasteiger partial charge on any atom is 0.407 e. The predicted octanol–water partition coefficient (Wildman–Crippen LogP) is 3.84. The first-order valence-electron chi connectivity index (χ1n) is 5.00. The van der Waals surface area contributed by atoms with Crippen LogP contribution in [-0.2, 0) is 4.74 Å². The number of rotatable bonds is 3. The largest absolute Gasteiger partial charge is 0.450 e. The number of ether oxygens (including phenoxy) is 1. The molecule has 0 bridgehead atoms. The third-order valence-corrected chi connectivity index (χ3v) is 2.65. The predicted molar refractivity (Wildman–Crippen MR) is 69.6 cm³/mol. The molecule has 0 aliphatic rings. The molecule has 0 aliphatic carbocycles. The van der Waals surface area contributed by atoms with E-state index in [1.54, 1.807) is 31.2 Å². The second-order valence-electron chi connectivity index (χ2n) is 3.25. The van der Waals surface area contributed by atoms with Crippen LogP contribution in [0.3, 0.4) is 0 Å². The Hall–Kier alpha value is -0.640. The first-order chi connectivity index (χ1) is 7.95. The number of benzene rings is 1. The Morgan fingerprint density at radius 3 is 2.41 bits per heavy atom. The van der Waals surface area contributed by atoms with E-state index in [1.807, 2.05) is 6.07 Å². The number of halogens is 3. The van der Waals surface area contributed by atoms with Crippen molar-refractivity contribution in [3.05, 3.63) is 35.9 Å². The molecule has 17 heavy (non-hydrogen) atoms. The van der Waals surface area contributed by atoms with E-state index in [9.17, 15) is 4.79 Å². The fourth-order valence-electron chi connectivity index (χ4n) is 1.29. The minimum Gasteiger partial charge on any atom is -0.450 e. The Balaban J connectivity index is 2.87. The van der Waals surface area contributed by atoms with Crippen molar-refractivity contribution in [3.63, 3.8) is 0 Å². The molecule has 0 saturated heterocycles. The zero-order valence-electron chi connectivity index (χ0n) is 9.12. The number of carbonyl (C=O) groups excluding carboxylic acids is 1. The first-order valence-corrected chi connectivity index (χ1v) is 6.13. The molecule has 1 N–H and O–H groups in total. The number of hydrogen-bond donors (Lipinski definition) is 1. The van der Waals surface area contributed by atoms with Gasteiger partial charge in [-0.05, 0) is 12.5 Å². The van der Waals surface area contributed by atoms with Crippen molar-refractivity contribution in [1.29, 1.82) is 0 Å². The molecule has 0 radical (unpaired) electrons. The van der Waals surface area contributed by atoms with Gasteiger partial charge in [0, 0.05) is 0 Å². The van der Waals surface area contributed by atoms with Crippen LogP contribution < -0.4 is 5.32 Å². The van der Waals surface area contributed by atoms with Crippen LogP contribution in [0.2, 0.25) is 0 Å². The van der Waals surface area contributed by atoms with E-state index in [0.29, 0.717) is 5.56 Å². The van der Waals surface area contributed by atoms with Crippen LogP contribution in [0.1, 0.15) is 18.5 Å². The van der Waals surface area contributed by atoms with Crippen LogP contribution >= 0.6 is 34.8 Å². The highest BCUT2D eigenvalue weighted by Gasteiger charge is 2.35. The minimum absolute atomic E-state index is 0.257. The molecule has 0 heterocycles. The Bertz CT molecular complexity index is 365. The molecular weight excluding hydrogens is 284 g/mol. The highest BCUT2D eigenvalue weighted by molar-refractivity contribution is 6.68. The molecule has 6 heteroatoms. The highest BCUT2D eigenvalue weighted by Crippen LogP contribution is 2.39. The van der Waals surface area contributed by atoms with Gasteiger partial charge in [-0.15, -0.1) is 0 Å². The Labute approximate surface area is 115 Å². The molecule has 1 atom stereocenters. The van der Waals surface area contributed by atoms with Crippen molar-refractivity contribution >= 4 is 40.9 Å². The summed E-state index contributed by atoms with van der Waals surface area (Å²) in [5.74, 6) is 0. The maximum absolute atomic E-state index is 11.4. The summed E-state index contributed by atoms with van der Waals surface area (Å²) >= 11 is 17.5. The molecule has 1 amide bonds. The fourth-order valence-corrected chi connectivity index (χ4v) is 1.83. The van der Waals surface area contributed by atoms with E-state index in [-0.39, 0.29) is 6.61 Å². The normalized spacial score (nSPS) is 12.9. The zero-order chi connectivity index (χ0) is 12.9. The van der Waals surface area contributed by atoms with Crippen molar-refractivity contribution in [2.75, 3.05) is 6.61 Å². The van der Waals surface area contributed by atoms with Gasteiger partial charge in [0.25, 0.3) is 0 Å². The number of nitrogens with one attached hydrogen (secondary N) is 1. The van der Waals surface area contributed by atoms with Gasteiger partial charge in [-0.2, -0.15) is 0 Å². The number of amides is 1. The van der Waals surface area contributed by atoms with Crippen LogP contribution in [0.4, 0.5) is 4.79 Å². The Morgan fingerprint density at radius 2 is 1.94 bits per heavy atom. The molecule has 1 aromatic rings. The van der Waals surface area contributed by atoms with E-state index in [0.717, 1.165) is 0 Å². The second-order valence-corrected chi connectivity index (χ2v) is 5.62. The molecule has 94 valence electrons. The fraction of sp³-hybridized carbons (Fsp3) is 0.364. The van der Waals surface area contributed by atoms with Crippen molar-refractivity contribution in [2.24, 2.45) is 0 Å². The second kappa shape index (κ2) is 6.34. The lowest BCUT2D eigenvalue weighted by Gasteiger charge is -2.25. The van der Waals surface area contributed by atoms with E-state index in [4.69, 9.17) is 39.5 Å². The van der Waals surface area contributed by atoms with Gasteiger partial charge in [-0.25, -0.2) is 4.79 Å². The molecule has 1 rings (SSSR count). The smallest absolute Gasteiger partial charge is 0.407 e. The maximum atomic E-state index is 11.4. The lowest BCUT2D eigenvalue weighted by atomic mass is 10.1. The topological polar surface area (TPSA) is 38.3 Å². The van der Waals surface area contributed by atoms with Crippen LogP contribution in [0, 0.1) is 0 Å². The van der Waals surface area contributed by atoms with Gasteiger partial charge in [-0.1, -0.05) is 65.1 Å². The first kappa shape index (κ1) is 14.4. The molecule has 0 aliphatic heterocycles. The molecule has 0 spiro atoms. The lowest BCUT2D eigenvalue weighted by Crippen LogP contribution is -2.36. The van der Waals surface area contributed by atoms with Gasteiger partial charge in [0.05, 0.1) is 6.61 Å². The summed E-state index contributed by atoms with van der Waals surface area (Å²) in [6.07, 6.45) is -0.618. The summed E-state index contributed by atoms with van der Waals surface area (Å²) in [4.78, 5) is 11.4. The van der Waals surface area contributed by atoms with E-state index >= 15 is 0 Å². The van der Waals surface area contributed by atoms with Crippen molar-refractivity contribution < 1.29 is 9.53 Å². The van der Waals surface area contributed by atoms with Gasteiger partial charge in [0.2, 0.25) is 3.79 Å². The SMILES string of the molecule is CCOC(=O)NC(c1ccccc1)C(Cl)(Cl)Cl. The molecule has 3 nitrogen and oxygen atoms in total. The summed E-state index contributed by atoms with van der Waals surface area (Å²) in [5.41, 5.74) is 0.695. The monoisotopic (exact) mass is 295 g/mol. The van der Waals surface area contributed by atoms with E-state index in [1.165, 1.54) is 0 Å². The van der Waals surface area contributed by atoms with E-state index in [2.05, 4.69) is 5.32 Å². The van der Waals surface area contributed by atoms with Crippen molar-refractivity contribution in [2.45, 2.75) is 16.8 Å². The van der Waals surface area contributed by atoms with Crippen LogP contribution in [0.25, 0.3) is 0 Å². The molecule has 1 aromatic carbocycles. The standard InChI is InChI=1S/C11H12Cl3NO2/c1-2-17-10(16)15-9(11(12,13)14)8-6-4-3-5-7-8/h3-7,9H,2H2,1H3,(H,15,16). The molecule has 0 aromatic heterocycles. The summed E-state index contributed by atoms with van der Waals surface area (Å²) in [6, 6.07) is 8.20. The summed E-state index contributed by atoms with van der Waals surface area (Å²) in [6.45, 7) is 1.96. The van der Waals surface area contributed by atoms with Gasteiger partial charge in [-0.3, -0.25) is 0 Å². The number of hydrogen-bond acceptors (Lipinski definition) is 2. The van der Waals surface area contributed by atoms with E-state index < -0.39 is 15.9 Å². The molecule has 0 saturated carbocycles. The van der Waals surface area contributed by atoms with Crippen molar-refractivity contribution in [1.82, 2.24) is 5.32 Å². The summed E-state index contributed by atoms with van der Waals surface area (Å²) in [5, 5.41) is 2.52. The van der Waals surface area contributed by atoms with Gasteiger partial charge in [0.1, 0.15) is 6.04 Å². The molecule has 1 unspecified atom stereocenters. The number of alkyl carbamates (subject to hydrolysis) is 1. The van der Waals surface area contributed by atoms with Crippen LogP contribution in [0.5, 0.6) is 0 Å². The average Bonchev–Trinajstić information content (AvgIpc) is 2.26. The van der Waals surface area contributed by atoms with Gasteiger partial charge in [0.15, 0.2) is 0 Å². The Kier molecular flexibility index (Phi) is 5.37. The average molecular weight is 297 g/mol. The van der Waals surface area contributed by atoms with Crippen LogP contribution in [-0.4, -0.2) is 16.5 Å². The van der Waals surface area contributed by atoms with Gasteiger partial charge < -0.3 is 10.1 Å². The van der Waals surface area contributed by atoms with Crippen molar-refractivity contribution in [3.8, 4) is 0 Å². The quantitative estimate of drug-likeness (QED) is 0.861. The van der Waals surface area contributed by atoms with Crippen LogP contribution in [0.15, 0.2) is 30.3 Å². The Morgan fingerprint density at radius 1 is 1.35 bits per heavy atom. The lowest BCUT2D eigenvalue weighted by molar-refractivity contribution is 0.148. The summed E-state index contributed by atoms with van der Waals surface area (Å²) < 4.78 is 3.12. The van der Waals surface area contributed by atoms with Gasteiger partial charge >= 0.3 is 6.09 Å². The molecular formula is C11H12Cl3NO2.